The number of carbonyl (C=O) groups excluding carboxylic acids is 2. The van der Waals surface area contributed by atoms with Gasteiger partial charge in [0.1, 0.15) is 0 Å². The zero-order valence-electron chi connectivity index (χ0n) is 15.0. The molecule has 130 valence electrons. The van der Waals surface area contributed by atoms with Crippen LogP contribution in [-0.4, -0.2) is 21.8 Å². The van der Waals surface area contributed by atoms with Gasteiger partial charge in [0.05, 0.1) is 12.2 Å². The largest absolute Gasteiger partial charge is 0.325 e. The van der Waals surface area contributed by atoms with E-state index in [2.05, 4.69) is 31.1 Å². The molecule has 1 aliphatic heterocycles. The maximum atomic E-state index is 12.9. The summed E-state index contributed by atoms with van der Waals surface area (Å²) >= 11 is 0. The summed E-state index contributed by atoms with van der Waals surface area (Å²) in [5.41, 5.74) is 1.62. The molecule has 1 N–H and O–H groups in total. The minimum atomic E-state index is -1.12. The zero-order valence-corrected chi connectivity index (χ0v) is 15.0. The Morgan fingerprint density at radius 2 is 1.76 bits per heavy atom. The number of hydrogen-bond donors (Lipinski definition) is 1. The third-order valence-electron chi connectivity index (χ3n) is 4.61. The number of benzene rings is 1. The van der Waals surface area contributed by atoms with Gasteiger partial charge in [-0.3, -0.25) is 14.7 Å². The van der Waals surface area contributed by atoms with Crippen molar-refractivity contribution in [2.45, 2.75) is 45.2 Å². The van der Waals surface area contributed by atoms with Crippen LogP contribution in [0, 0.1) is 0 Å². The van der Waals surface area contributed by atoms with Crippen LogP contribution in [0.2, 0.25) is 0 Å². The number of rotatable bonds is 3. The molecule has 0 radical (unpaired) electrons. The lowest BCUT2D eigenvalue weighted by Crippen LogP contribution is -2.41. The van der Waals surface area contributed by atoms with E-state index >= 15 is 0 Å². The average molecular weight is 337 g/mol. The zero-order chi connectivity index (χ0) is 18.2. The number of urea groups is 1. The number of carbonyl (C=O) groups is 2. The van der Waals surface area contributed by atoms with Gasteiger partial charge in [-0.1, -0.05) is 51.1 Å². The number of imide groups is 1. The highest BCUT2D eigenvalue weighted by atomic mass is 16.2. The van der Waals surface area contributed by atoms with E-state index in [-0.39, 0.29) is 17.9 Å². The number of pyridine rings is 1. The van der Waals surface area contributed by atoms with E-state index in [1.807, 2.05) is 24.3 Å². The van der Waals surface area contributed by atoms with Crippen molar-refractivity contribution in [2.24, 2.45) is 0 Å². The summed E-state index contributed by atoms with van der Waals surface area (Å²) < 4.78 is 0. The highest BCUT2D eigenvalue weighted by Crippen LogP contribution is 2.29. The van der Waals surface area contributed by atoms with Crippen LogP contribution < -0.4 is 5.32 Å². The molecule has 0 saturated carbocycles. The van der Waals surface area contributed by atoms with Crippen LogP contribution in [0.15, 0.2) is 48.7 Å². The first-order valence-electron chi connectivity index (χ1n) is 8.37. The van der Waals surface area contributed by atoms with Gasteiger partial charge < -0.3 is 5.32 Å². The Morgan fingerprint density at radius 1 is 1.08 bits per heavy atom. The molecular weight excluding hydrogens is 314 g/mol. The molecule has 1 atom stereocenters. The maximum Gasteiger partial charge on any atom is 0.325 e. The summed E-state index contributed by atoms with van der Waals surface area (Å²) in [5, 5.41) is 2.78. The third-order valence-corrected chi connectivity index (χ3v) is 4.61. The second-order valence-corrected chi connectivity index (χ2v) is 7.61. The number of nitrogens with zero attached hydrogens (tertiary/aromatic N) is 2. The topological polar surface area (TPSA) is 62.3 Å². The van der Waals surface area contributed by atoms with Crippen molar-refractivity contribution < 1.29 is 9.59 Å². The van der Waals surface area contributed by atoms with Gasteiger partial charge in [0.15, 0.2) is 5.54 Å². The van der Waals surface area contributed by atoms with E-state index in [0.717, 1.165) is 5.56 Å². The van der Waals surface area contributed by atoms with Crippen molar-refractivity contribution in [3.63, 3.8) is 0 Å². The van der Waals surface area contributed by atoms with Gasteiger partial charge in [-0.25, -0.2) is 4.79 Å². The van der Waals surface area contributed by atoms with Crippen LogP contribution in [0.1, 0.15) is 44.5 Å². The van der Waals surface area contributed by atoms with Crippen molar-refractivity contribution in [3.8, 4) is 0 Å². The van der Waals surface area contributed by atoms with Crippen molar-refractivity contribution in [2.75, 3.05) is 0 Å². The van der Waals surface area contributed by atoms with Crippen LogP contribution >= 0.6 is 0 Å². The number of nitrogens with one attached hydrogen (secondary N) is 1. The van der Waals surface area contributed by atoms with E-state index in [4.69, 9.17) is 0 Å². The first kappa shape index (κ1) is 17.1. The van der Waals surface area contributed by atoms with E-state index < -0.39 is 11.6 Å². The Bertz CT molecular complexity index is 794. The molecular formula is C20H23N3O2. The normalized spacial score (nSPS) is 20.7. The van der Waals surface area contributed by atoms with Gasteiger partial charge in [-0.15, -0.1) is 0 Å². The summed E-state index contributed by atoms with van der Waals surface area (Å²) in [4.78, 5) is 30.7. The molecule has 5 nitrogen and oxygen atoms in total. The Hall–Kier alpha value is -2.69. The van der Waals surface area contributed by atoms with Gasteiger partial charge in [0.25, 0.3) is 5.91 Å². The molecule has 0 spiro atoms. The molecule has 3 rings (SSSR count). The van der Waals surface area contributed by atoms with Crippen molar-refractivity contribution in [3.05, 3.63) is 65.5 Å². The molecule has 5 heteroatoms. The summed E-state index contributed by atoms with van der Waals surface area (Å²) in [6.45, 7) is 8.39. The molecule has 2 aromatic rings. The van der Waals surface area contributed by atoms with Gasteiger partial charge in [0.2, 0.25) is 0 Å². The fraction of sp³-hybridized carbons (Fsp3) is 0.350. The van der Waals surface area contributed by atoms with Gasteiger partial charge in [0, 0.05) is 6.20 Å². The first-order valence-corrected chi connectivity index (χ1v) is 8.37. The quantitative estimate of drug-likeness (QED) is 0.874. The van der Waals surface area contributed by atoms with Crippen LogP contribution in [0.4, 0.5) is 4.79 Å². The number of hydrogen-bond acceptors (Lipinski definition) is 3. The van der Waals surface area contributed by atoms with Crippen LogP contribution in [0.3, 0.4) is 0 Å². The lowest BCUT2D eigenvalue weighted by atomic mass is 9.87. The Balaban J connectivity index is 1.82. The smallest absolute Gasteiger partial charge is 0.318 e. The minimum absolute atomic E-state index is 0.0664. The van der Waals surface area contributed by atoms with Crippen molar-refractivity contribution >= 4 is 11.9 Å². The standard InChI is InChI=1S/C20H23N3O2/c1-19(2,3)15-10-8-14(9-11-15)13-23-17(24)20(4,22-18(23)25)16-7-5-6-12-21-16/h5-12H,13H2,1-4H3,(H,22,25). The second-order valence-electron chi connectivity index (χ2n) is 7.61. The fourth-order valence-corrected chi connectivity index (χ4v) is 2.97. The van der Waals surface area contributed by atoms with E-state index in [9.17, 15) is 9.59 Å². The molecule has 1 aromatic carbocycles. The van der Waals surface area contributed by atoms with Crippen LogP contribution in [-0.2, 0) is 22.3 Å². The Labute approximate surface area is 148 Å². The Kier molecular flexibility index (Phi) is 4.11. The second kappa shape index (κ2) is 5.99. The van der Waals surface area contributed by atoms with E-state index in [1.165, 1.54) is 10.5 Å². The summed E-state index contributed by atoms with van der Waals surface area (Å²) in [6, 6.07) is 13.0. The molecule has 1 unspecified atom stereocenters. The van der Waals surface area contributed by atoms with Crippen LogP contribution in [0.25, 0.3) is 0 Å². The summed E-state index contributed by atoms with van der Waals surface area (Å²) in [5.74, 6) is -0.281. The molecule has 1 aliphatic rings. The van der Waals surface area contributed by atoms with Gasteiger partial charge >= 0.3 is 6.03 Å². The molecule has 0 bridgehead atoms. The molecule has 1 aromatic heterocycles. The molecule has 3 amide bonds. The lowest BCUT2D eigenvalue weighted by Gasteiger charge is -2.21. The third kappa shape index (κ3) is 3.14. The fourth-order valence-electron chi connectivity index (χ4n) is 2.97. The monoisotopic (exact) mass is 337 g/mol. The van der Waals surface area contributed by atoms with E-state index in [1.54, 1.807) is 31.3 Å². The van der Waals surface area contributed by atoms with Crippen molar-refractivity contribution in [1.29, 1.82) is 0 Å². The minimum Gasteiger partial charge on any atom is -0.318 e. The maximum absolute atomic E-state index is 12.9. The van der Waals surface area contributed by atoms with Crippen molar-refractivity contribution in [1.82, 2.24) is 15.2 Å². The van der Waals surface area contributed by atoms with Gasteiger partial charge in [-0.2, -0.15) is 0 Å². The summed E-state index contributed by atoms with van der Waals surface area (Å²) in [7, 11) is 0. The Morgan fingerprint density at radius 3 is 2.32 bits per heavy atom. The predicted octanol–water partition coefficient (Wildman–Crippen LogP) is 3.35. The average Bonchev–Trinajstić information content (AvgIpc) is 2.80. The predicted molar refractivity (Wildman–Crippen MR) is 95.8 cm³/mol. The van der Waals surface area contributed by atoms with Crippen LogP contribution in [0.5, 0.6) is 0 Å². The molecule has 2 heterocycles. The van der Waals surface area contributed by atoms with Gasteiger partial charge in [-0.05, 0) is 35.6 Å². The molecule has 0 aliphatic carbocycles. The summed E-state index contributed by atoms with van der Waals surface area (Å²) in [6.07, 6.45) is 1.62. The van der Waals surface area contributed by atoms with E-state index in [0.29, 0.717) is 5.69 Å². The molecule has 1 saturated heterocycles. The lowest BCUT2D eigenvalue weighted by molar-refractivity contribution is -0.131. The highest BCUT2D eigenvalue weighted by molar-refractivity contribution is 6.06. The SMILES string of the molecule is CC(C)(C)c1ccc(CN2C(=O)NC(C)(c3ccccn3)C2=O)cc1. The first-order chi connectivity index (χ1) is 11.7. The molecule has 25 heavy (non-hydrogen) atoms. The molecule has 1 fully saturated rings. The number of amides is 3. The highest BCUT2D eigenvalue weighted by Gasteiger charge is 2.49. The number of aromatic nitrogens is 1.